The predicted octanol–water partition coefficient (Wildman–Crippen LogP) is 12.3. The lowest BCUT2D eigenvalue weighted by Crippen LogP contribution is -2.48. The van der Waals surface area contributed by atoms with Gasteiger partial charge in [-0.25, -0.2) is 0 Å². The molecule has 0 N–H and O–H groups in total. The van der Waals surface area contributed by atoms with E-state index in [1.807, 2.05) is 19.0 Å². The molecule has 47 heavy (non-hydrogen) atoms. The fourth-order valence-corrected chi connectivity index (χ4v) is 7.10. The maximum Gasteiger partial charge on any atom is 0.290 e. The van der Waals surface area contributed by atoms with E-state index in [9.17, 15) is 9.59 Å². The van der Waals surface area contributed by atoms with Gasteiger partial charge in [0, 0.05) is 19.4 Å². The first-order chi connectivity index (χ1) is 23.0. The Balaban J connectivity index is 2.20. The number of rotatable bonds is 36. The monoisotopic (exact) mass is 664 g/mol. The maximum atomic E-state index is 13.4. The molecule has 0 saturated carbocycles. The van der Waals surface area contributed by atoms with Crippen LogP contribution in [0.2, 0.25) is 0 Å². The summed E-state index contributed by atoms with van der Waals surface area (Å²) in [6.07, 6.45) is 39.3. The molecule has 5 nitrogen and oxygen atoms in total. The van der Waals surface area contributed by atoms with Gasteiger partial charge in [-0.15, -0.1) is 0 Å². The van der Waals surface area contributed by atoms with Crippen LogP contribution in [0, 0.1) is 0 Å². The van der Waals surface area contributed by atoms with E-state index in [4.69, 9.17) is 9.47 Å². The highest BCUT2D eigenvalue weighted by molar-refractivity contribution is 6.09. The van der Waals surface area contributed by atoms with Crippen LogP contribution in [-0.4, -0.2) is 55.6 Å². The molecular formula is C42H81NO4. The van der Waals surface area contributed by atoms with Crippen molar-refractivity contribution in [3.8, 4) is 0 Å². The van der Waals surface area contributed by atoms with E-state index in [0.717, 1.165) is 38.5 Å². The average Bonchev–Trinajstić information content (AvgIpc) is 3.49. The lowest BCUT2D eigenvalue weighted by atomic mass is 9.96. The predicted molar refractivity (Wildman–Crippen MR) is 201 cm³/mol. The van der Waals surface area contributed by atoms with Crippen LogP contribution in [-0.2, 0) is 19.1 Å². The average molecular weight is 664 g/mol. The normalized spacial score (nSPS) is 16.0. The van der Waals surface area contributed by atoms with E-state index in [0.29, 0.717) is 26.0 Å². The number of nitrogens with zero attached hydrogens (tertiary/aromatic N) is 1. The Morgan fingerprint density at radius 2 is 0.766 bits per heavy atom. The van der Waals surface area contributed by atoms with Crippen molar-refractivity contribution in [1.29, 1.82) is 0 Å². The summed E-state index contributed by atoms with van der Waals surface area (Å²) < 4.78 is 12.1. The molecule has 1 fully saturated rings. The van der Waals surface area contributed by atoms with Crippen molar-refractivity contribution in [2.24, 2.45) is 0 Å². The smallest absolute Gasteiger partial charge is 0.290 e. The van der Waals surface area contributed by atoms with Gasteiger partial charge in [0.1, 0.15) is 0 Å². The fraction of sp³-hybridized carbons (Fsp3) is 0.952. The van der Waals surface area contributed by atoms with Gasteiger partial charge in [0.25, 0.3) is 5.79 Å². The zero-order valence-corrected chi connectivity index (χ0v) is 32.2. The molecule has 1 aliphatic heterocycles. The molecule has 0 aromatic heterocycles. The number of hydrogen-bond donors (Lipinski definition) is 0. The minimum absolute atomic E-state index is 0.153. The Kier molecular flexibility index (Phi) is 29.4. The molecule has 0 spiro atoms. The number of hydrogen-bond acceptors (Lipinski definition) is 5. The summed E-state index contributed by atoms with van der Waals surface area (Å²) in [6, 6.07) is 0. The summed E-state index contributed by atoms with van der Waals surface area (Å²) in [5, 5.41) is 0. The number of Topliss-reactive ketones (excluding diaryl/α,β-unsaturated/α-hetero) is 2. The Labute approximate surface area is 293 Å². The van der Waals surface area contributed by atoms with E-state index in [-0.39, 0.29) is 17.7 Å². The highest BCUT2D eigenvalue weighted by Crippen LogP contribution is 2.31. The molecule has 1 atom stereocenters. The van der Waals surface area contributed by atoms with Gasteiger partial charge in [0.15, 0.2) is 11.6 Å². The summed E-state index contributed by atoms with van der Waals surface area (Å²) in [6.45, 7) is 5.52. The van der Waals surface area contributed by atoms with E-state index in [1.54, 1.807) is 0 Å². The van der Waals surface area contributed by atoms with Crippen molar-refractivity contribution < 1.29 is 19.1 Å². The standard InChI is InChI=1S/C42H81NO4/c1-5-7-9-11-13-15-17-19-21-23-25-27-29-31-33-35-40(44)42(46-38-39(47-42)37-43(3)4)41(45)36-34-32-30-28-26-24-22-20-18-16-14-12-10-8-6-2/h39H,5-38H2,1-4H3. The highest BCUT2D eigenvalue weighted by Gasteiger charge is 2.53. The van der Waals surface area contributed by atoms with Crippen LogP contribution in [0.1, 0.15) is 219 Å². The van der Waals surface area contributed by atoms with E-state index in [2.05, 4.69) is 13.8 Å². The van der Waals surface area contributed by atoms with Crippen molar-refractivity contribution in [1.82, 2.24) is 4.90 Å². The minimum atomic E-state index is -1.66. The number of unbranched alkanes of at least 4 members (excludes halogenated alkanes) is 28. The van der Waals surface area contributed by atoms with Gasteiger partial charge in [-0.05, 0) is 26.9 Å². The summed E-state index contributed by atoms with van der Waals surface area (Å²) in [5.41, 5.74) is 0. The molecule has 1 unspecified atom stereocenters. The fourth-order valence-electron chi connectivity index (χ4n) is 7.10. The van der Waals surface area contributed by atoms with Crippen LogP contribution in [0.5, 0.6) is 0 Å². The molecule has 0 aromatic rings. The van der Waals surface area contributed by atoms with Crippen LogP contribution >= 0.6 is 0 Å². The van der Waals surface area contributed by atoms with Gasteiger partial charge >= 0.3 is 0 Å². The van der Waals surface area contributed by atoms with E-state index >= 15 is 0 Å². The highest BCUT2D eigenvalue weighted by atomic mass is 16.8. The summed E-state index contributed by atoms with van der Waals surface area (Å²) in [4.78, 5) is 28.9. The number of carbonyl (C=O) groups is 2. The first-order valence-corrected chi connectivity index (χ1v) is 21.0. The molecule has 0 aromatic carbocycles. The van der Waals surface area contributed by atoms with E-state index in [1.165, 1.54) is 154 Å². The lowest BCUT2D eigenvalue weighted by molar-refractivity contribution is -0.192. The molecule has 5 heteroatoms. The van der Waals surface area contributed by atoms with Gasteiger partial charge in [-0.2, -0.15) is 0 Å². The van der Waals surface area contributed by atoms with Crippen LogP contribution in [0.4, 0.5) is 0 Å². The van der Waals surface area contributed by atoms with Crippen molar-refractivity contribution in [3.05, 3.63) is 0 Å². The second kappa shape index (κ2) is 31.2. The van der Waals surface area contributed by atoms with Crippen molar-refractivity contribution in [2.75, 3.05) is 27.2 Å². The van der Waals surface area contributed by atoms with Crippen LogP contribution in [0.25, 0.3) is 0 Å². The van der Waals surface area contributed by atoms with Crippen LogP contribution in [0.15, 0.2) is 0 Å². The molecule has 1 heterocycles. The van der Waals surface area contributed by atoms with Crippen molar-refractivity contribution in [3.63, 3.8) is 0 Å². The SMILES string of the molecule is CCCCCCCCCCCCCCCCCC(=O)C1(C(=O)CCCCCCCCCCCCCCCCC)OCC(CN(C)C)O1. The lowest BCUT2D eigenvalue weighted by Gasteiger charge is -2.26. The van der Waals surface area contributed by atoms with Crippen LogP contribution in [0.3, 0.4) is 0 Å². The molecule has 0 bridgehead atoms. The van der Waals surface area contributed by atoms with E-state index < -0.39 is 5.79 Å². The topological polar surface area (TPSA) is 55.8 Å². The zero-order valence-electron chi connectivity index (χ0n) is 32.2. The molecule has 278 valence electrons. The Bertz CT molecular complexity index is 677. The third-order valence-corrected chi connectivity index (χ3v) is 10.1. The molecule has 1 aliphatic rings. The Hall–Kier alpha value is -0.780. The summed E-state index contributed by atoms with van der Waals surface area (Å²) >= 11 is 0. The molecule has 0 radical (unpaired) electrons. The first-order valence-electron chi connectivity index (χ1n) is 21.0. The molecule has 0 aliphatic carbocycles. The van der Waals surface area contributed by atoms with Gasteiger partial charge in [0.2, 0.25) is 0 Å². The van der Waals surface area contributed by atoms with Gasteiger partial charge in [0.05, 0.1) is 12.7 Å². The number of ketones is 2. The van der Waals surface area contributed by atoms with Gasteiger partial charge < -0.3 is 14.4 Å². The molecular weight excluding hydrogens is 582 g/mol. The summed E-state index contributed by atoms with van der Waals surface area (Å²) in [7, 11) is 3.97. The number of likely N-dealkylation sites (N-methyl/N-ethyl adjacent to an activating group) is 1. The first kappa shape index (κ1) is 44.2. The maximum absolute atomic E-state index is 13.4. The van der Waals surface area contributed by atoms with Gasteiger partial charge in [-0.3, -0.25) is 9.59 Å². The molecule has 1 rings (SSSR count). The Morgan fingerprint density at radius 3 is 1.04 bits per heavy atom. The second-order valence-corrected chi connectivity index (χ2v) is 15.2. The third kappa shape index (κ3) is 23.3. The zero-order chi connectivity index (χ0) is 34.3. The van der Waals surface area contributed by atoms with Crippen molar-refractivity contribution >= 4 is 11.6 Å². The second-order valence-electron chi connectivity index (χ2n) is 15.2. The quantitative estimate of drug-likeness (QED) is 0.0493. The minimum Gasteiger partial charge on any atom is -0.335 e. The molecule has 0 amide bonds. The van der Waals surface area contributed by atoms with Crippen molar-refractivity contribution in [2.45, 2.75) is 231 Å². The third-order valence-electron chi connectivity index (χ3n) is 10.1. The van der Waals surface area contributed by atoms with Gasteiger partial charge in [-0.1, -0.05) is 194 Å². The number of carbonyl (C=O) groups excluding carboxylic acids is 2. The molecule has 1 saturated heterocycles. The summed E-state index contributed by atoms with van der Waals surface area (Å²) in [5.74, 6) is -1.97. The van der Waals surface area contributed by atoms with Crippen LogP contribution < -0.4 is 0 Å². The number of ether oxygens (including phenoxy) is 2. The largest absolute Gasteiger partial charge is 0.335 e. The Morgan fingerprint density at radius 1 is 0.489 bits per heavy atom.